The molecule has 2 amide bonds. The van der Waals surface area contributed by atoms with Crippen molar-refractivity contribution < 1.29 is 13.2 Å². The molecule has 0 aromatic heterocycles. The highest BCUT2D eigenvalue weighted by molar-refractivity contribution is 7.91. The molecule has 0 bridgehead atoms. The van der Waals surface area contributed by atoms with Gasteiger partial charge in [0.15, 0.2) is 9.84 Å². The Morgan fingerprint density at radius 1 is 1.03 bits per heavy atom. The number of hydrogen-bond donors (Lipinski definition) is 1. The maximum atomic E-state index is 12.8. The Kier molecular flexibility index (Phi) is 8.17. The van der Waals surface area contributed by atoms with Crippen molar-refractivity contribution in [2.24, 2.45) is 5.92 Å². The molecule has 2 saturated heterocycles. The third kappa shape index (κ3) is 6.20. The van der Waals surface area contributed by atoms with Crippen LogP contribution in [-0.4, -0.2) is 68.3 Å². The summed E-state index contributed by atoms with van der Waals surface area (Å²) in [7, 11) is -3.23. The number of hydrogen-bond acceptors (Lipinski definition) is 4. The monoisotopic (exact) mass is 435 g/mol. The lowest BCUT2D eigenvalue weighted by atomic mass is 9.86. The van der Waals surface area contributed by atoms with Crippen molar-refractivity contribution in [1.29, 1.82) is 0 Å². The molecule has 0 spiro atoms. The van der Waals surface area contributed by atoms with Gasteiger partial charge < -0.3 is 15.1 Å². The Labute approximate surface area is 181 Å². The minimum Gasteiger partial charge on any atom is -0.336 e. The SMILES string of the molecule is CC(C)NC(=O)N1CCCCC[C@@H]1C1CCN(CCS(=O)(=O)c2ccccc2)CC1. The van der Waals surface area contributed by atoms with Crippen molar-refractivity contribution in [3.63, 3.8) is 0 Å². The first-order valence-corrected chi connectivity index (χ1v) is 13.1. The van der Waals surface area contributed by atoms with E-state index in [4.69, 9.17) is 0 Å². The molecule has 168 valence electrons. The van der Waals surface area contributed by atoms with Gasteiger partial charge in [-0.25, -0.2) is 13.2 Å². The van der Waals surface area contributed by atoms with Crippen LogP contribution >= 0.6 is 0 Å². The van der Waals surface area contributed by atoms with E-state index in [1.165, 1.54) is 12.8 Å². The van der Waals surface area contributed by atoms with Gasteiger partial charge in [0.05, 0.1) is 10.6 Å². The van der Waals surface area contributed by atoms with E-state index in [1.54, 1.807) is 24.3 Å². The van der Waals surface area contributed by atoms with Gasteiger partial charge in [-0.05, 0) is 70.7 Å². The lowest BCUT2D eigenvalue weighted by molar-refractivity contribution is 0.102. The number of piperidine rings is 1. The molecule has 6 nitrogen and oxygen atoms in total. The zero-order valence-electron chi connectivity index (χ0n) is 18.4. The first-order chi connectivity index (χ1) is 14.4. The lowest BCUT2D eigenvalue weighted by Crippen LogP contribution is -2.52. The minimum absolute atomic E-state index is 0.0771. The van der Waals surface area contributed by atoms with Crippen LogP contribution in [0.3, 0.4) is 0 Å². The number of rotatable bonds is 6. The Morgan fingerprint density at radius 2 is 1.73 bits per heavy atom. The third-order valence-electron chi connectivity index (χ3n) is 6.43. The van der Waals surface area contributed by atoms with Crippen LogP contribution in [0.1, 0.15) is 52.4 Å². The van der Waals surface area contributed by atoms with Gasteiger partial charge in [-0.2, -0.15) is 0 Å². The van der Waals surface area contributed by atoms with Crippen LogP contribution in [0.4, 0.5) is 4.79 Å². The van der Waals surface area contributed by atoms with E-state index < -0.39 is 9.84 Å². The fraction of sp³-hybridized carbons (Fsp3) is 0.696. The topological polar surface area (TPSA) is 69.7 Å². The van der Waals surface area contributed by atoms with Crippen molar-refractivity contribution in [1.82, 2.24) is 15.1 Å². The van der Waals surface area contributed by atoms with E-state index in [0.29, 0.717) is 23.4 Å². The van der Waals surface area contributed by atoms with Crippen LogP contribution < -0.4 is 5.32 Å². The van der Waals surface area contributed by atoms with Gasteiger partial charge >= 0.3 is 6.03 Å². The van der Waals surface area contributed by atoms with E-state index in [2.05, 4.69) is 15.1 Å². The van der Waals surface area contributed by atoms with Gasteiger partial charge in [-0.15, -0.1) is 0 Å². The Morgan fingerprint density at radius 3 is 2.40 bits per heavy atom. The first-order valence-electron chi connectivity index (χ1n) is 11.4. The molecular weight excluding hydrogens is 398 g/mol. The number of carbonyl (C=O) groups excluding carboxylic acids is 1. The second-order valence-electron chi connectivity index (χ2n) is 9.03. The van der Waals surface area contributed by atoms with E-state index in [-0.39, 0.29) is 17.8 Å². The molecule has 0 radical (unpaired) electrons. The molecule has 1 aromatic rings. The second-order valence-corrected chi connectivity index (χ2v) is 11.1. The van der Waals surface area contributed by atoms with Crippen LogP contribution in [-0.2, 0) is 9.84 Å². The molecule has 0 saturated carbocycles. The van der Waals surface area contributed by atoms with Crippen LogP contribution in [0.2, 0.25) is 0 Å². The minimum atomic E-state index is -3.23. The molecule has 30 heavy (non-hydrogen) atoms. The number of likely N-dealkylation sites (tertiary alicyclic amines) is 2. The number of urea groups is 1. The highest BCUT2D eigenvalue weighted by atomic mass is 32.2. The molecule has 0 unspecified atom stereocenters. The van der Waals surface area contributed by atoms with E-state index in [0.717, 1.165) is 45.3 Å². The summed E-state index contributed by atoms with van der Waals surface area (Å²) in [5.41, 5.74) is 0. The molecule has 1 aromatic carbocycles. The van der Waals surface area contributed by atoms with Crippen molar-refractivity contribution >= 4 is 15.9 Å². The van der Waals surface area contributed by atoms with E-state index in [1.807, 2.05) is 19.9 Å². The number of benzene rings is 1. The molecule has 7 heteroatoms. The maximum Gasteiger partial charge on any atom is 0.317 e. The molecule has 1 atom stereocenters. The van der Waals surface area contributed by atoms with Crippen molar-refractivity contribution in [3.05, 3.63) is 30.3 Å². The highest BCUT2D eigenvalue weighted by Crippen LogP contribution is 2.30. The smallest absolute Gasteiger partial charge is 0.317 e. The third-order valence-corrected chi connectivity index (χ3v) is 8.14. The highest BCUT2D eigenvalue weighted by Gasteiger charge is 2.34. The Hall–Kier alpha value is -1.60. The summed E-state index contributed by atoms with van der Waals surface area (Å²) >= 11 is 0. The zero-order valence-corrected chi connectivity index (χ0v) is 19.2. The average Bonchev–Trinajstić information content (AvgIpc) is 2.99. The van der Waals surface area contributed by atoms with Crippen LogP contribution in [0, 0.1) is 5.92 Å². The van der Waals surface area contributed by atoms with Crippen LogP contribution in [0.5, 0.6) is 0 Å². The van der Waals surface area contributed by atoms with Gasteiger partial charge in [-0.3, -0.25) is 0 Å². The number of amides is 2. The Balaban J connectivity index is 1.54. The average molecular weight is 436 g/mol. The summed E-state index contributed by atoms with van der Waals surface area (Å²) in [5.74, 6) is 0.664. The normalized spacial score (nSPS) is 22.1. The summed E-state index contributed by atoms with van der Waals surface area (Å²) in [4.78, 5) is 17.5. The molecule has 2 aliphatic heterocycles. The van der Waals surface area contributed by atoms with Gasteiger partial charge in [0.2, 0.25) is 0 Å². The molecule has 2 aliphatic rings. The first kappa shape index (κ1) is 23.1. The summed E-state index contributed by atoms with van der Waals surface area (Å²) in [5, 5.41) is 3.08. The predicted octanol–water partition coefficient (Wildman–Crippen LogP) is 3.53. The zero-order chi connectivity index (χ0) is 21.6. The molecule has 2 heterocycles. The quantitative estimate of drug-likeness (QED) is 0.742. The number of nitrogens with zero attached hydrogens (tertiary/aromatic N) is 2. The lowest BCUT2D eigenvalue weighted by Gasteiger charge is -2.40. The summed E-state index contributed by atoms with van der Waals surface area (Å²) in [6, 6.07) is 9.25. The summed E-state index contributed by atoms with van der Waals surface area (Å²) in [6.45, 7) is 7.25. The summed E-state index contributed by atoms with van der Waals surface area (Å²) < 4.78 is 25.1. The van der Waals surface area contributed by atoms with E-state index in [9.17, 15) is 13.2 Å². The van der Waals surface area contributed by atoms with Crippen LogP contribution in [0.15, 0.2) is 35.2 Å². The van der Waals surface area contributed by atoms with Crippen LogP contribution in [0.25, 0.3) is 0 Å². The molecule has 1 N–H and O–H groups in total. The Bertz CT molecular complexity index is 774. The summed E-state index contributed by atoms with van der Waals surface area (Å²) in [6.07, 6.45) is 6.60. The van der Waals surface area contributed by atoms with Gasteiger partial charge in [0, 0.05) is 25.2 Å². The second kappa shape index (κ2) is 10.6. The maximum absolute atomic E-state index is 12.8. The molecule has 3 rings (SSSR count). The number of carbonyl (C=O) groups is 1. The van der Waals surface area contributed by atoms with Gasteiger partial charge in [0.1, 0.15) is 0 Å². The van der Waals surface area contributed by atoms with E-state index >= 15 is 0 Å². The van der Waals surface area contributed by atoms with Gasteiger partial charge in [-0.1, -0.05) is 31.0 Å². The molecule has 2 fully saturated rings. The molecule has 0 aliphatic carbocycles. The molecular formula is C23H37N3O3S. The standard InChI is InChI=1S/C23H37N3O3S/c1-19(2)24-23(27)26-14-8-4-7-11-22(26)20-12-15-25(16-13-20)17-18-30(28,29)21-9-5-3-6-10-21/h3,5-6,9-10,19-20,22H,4,7-8,11-18H2,1-2H3,(H,24,27)/t22-/m1/s1. The van der Waals surface area contributed by atoms with Crippen molar-refractivity contribution in [2.75, 3.05) is 31.9 Å². The predicted molar refractivity (Wildman–Crippen MR) is 120 cm³/mol. The van der Waals surface area contributed by atoms with Crippen molar-refractivity contribution in [3.8, 4) is 0 Å². The van der Waals surface area contributed by atoms with Gasteiger partial charge in [0.25, 0.3) is 0 Å². The largest absolute Gasteiger partial charge is 0.336 e. The fourth-order valence-electron chi connectivity index (χ4n) is 4.76. The number of nitrogens with one attached hydrogen (secondary N) is 1. The number of sulfone groups is 1. The fourth-order valence-corrected chi connectivity index (χ4v) is 6.07. The van der Waals surface area contributed by atoms with Crippen molar-refractivity contribution in [2.45, 2.75) is 69.4 Å².